The molecule has 0 bridgehead atoms. The number of nitrogens with zero attached hydrogens (tertiary/aromatic N) is 2. The van der Waals surface area contributed by atoms with Crippen molar-refractivity contribution in [2.75, 3.05) is 39.3 Å². The van der Waals surface area contributed by atoms with Crippen LogP contribution < -0.4 is 5.32 Å². The summed E-state index contributed by atoms with van der Waals surface area (Å²) in [7, 11) is 0. The number of likely N-dealkylation sites (tertiary alicyclic amines) is 1. The van der Waals surface area contributed by atoms with Crippen molar-refractivity contribution in [2.45, 2.75) is 25.8 Å². The first-order chi connectivity index (χ1) is 10.6. The van der Waals surface area contributed by atoms with E-state index in [1.54, 1.807) is 0 Å². The number of halogens is 1. The molecule has 3 rings (SSSR count). The summed E-state index contributed by atoms with van der Waals surface area (Å²) in [4.78, 5) is 17.1. The number of nitrogens with one attached hydrogen (secondary N) is 1. The fourth-order valence-corrected chi connectivity index (χ4v) is 3.92. The van der Waals surface area contributed by atoms with Crippen LogP contribution in [0.25, 0.3) is 0 Å². The minimum atomic E-state index is 0.267. The lowest BCUT2D eigenvalue weighted by Crippen LogP contribution is -2.49. The Bertz CT molecular complexity index is 543. The van der Waals surface area contributed by atoms with E-state index in [-0.39, 0.29) is 5.91 Å². The molecule has 0 spiro atoms. The van der Waals surface area contributed by atoms with Gasteiger partial charge >= 0.3 is 0 Å². The number of rotatable bonds is 3. The summed E-state index contributed by atoms with van der Waals surface area (Å²) in [6, 6.07) is 6.71. The number of amides is 1. The summed E-state index contributed by atoms with van der Waals surface area (Å²) >= 11 is 3.47. The summed E-state index contributed by atoms with van der Waals surface area (Å²) in [5, 5.41) is 3.39. The Kier molecular flexibility index (Phi) is 5.16. The average Bonchev–Trinajstić information content (AvgIpc) is 3.01. The maximum Gasteiger partial charge on any atom is 0.227 e. The van der Waals surface area contributed by atoms with E-state index in [2.05, 4.69) is 45.2 Å². The molecular weight excluding hydrogens is 342 g/mol. The lowest BCUT2D eigenvalue weighted by molar-refractivity contribution is -0.129. The van der Waals surface area contributed by atoms with E-state index >= 15 is 0 Å². The number of hydrogen-bond acceptors (Lipinski definition) is 3. The van der Waals surface area contributed by atoms with Crippen molar-refractivity contribution in [1.82, 2.24) is 15.1 Å². The highest BCUT2D eigenvalue weighted by Gasteiger charge is 2.30. The Morgan fingerprint density at radius 1 is 1.32 bits per heavy atom. The second-order valence-corrected chi connectivity index (χ2v) is 7.23. The van der Waals surface area contributed by atoms with Gasteiger partial charge in [0.25, 0.3) is 0 Å². The van der Waals surface area contributed by atoms with Gasteiger partial charge in [-0.3, -0.25) is 9.69 Å². The molecule has 1 amide bonds. The van der Waals surface area contributed by atoms with Gasteiger partial charge in [-0.15, -0.1) is 0 Å². The maximum atomic E-state index is 12.6. The molecule has 0 aliphatic carbocycles. The molecule has 1 atom stereocenters. The minimum absolute atomic E-state index is 0.267. The lowest BCUT2D eigenvalue weighted by Gasteiger charge is -2.32. The number of benzene rings is 1. The van der Waals surface area contributed by atoms with Crippen LogP contribution in [0.4, 0.5) is 0 Å². The van der Waals surface area contributed by atoms with E-state index in [4.69, 9.17) is 0 Å². The molecule has 5 heteroatoms. The fourth-order valence-electron chi connectivity index (χ4n) is 3.45. The lowest BCUT2D eigenvalue weighted by atomic mass is 10.1. The van der Waals surface area contributed by atoms with E-state index in [0.29, 0.717) is 12.5 Å². The van der Waals surface area contributed by atoms with Crippen molar-refractivity contribution < 1.29 is 4.79 Å². The van der Waals surface area contributed by atoms with E-state index < -0.39 is 0 Å². The van der Waals surface area contributed by atoms with Crippen molar-refractivity contribution in [2.24, 2.45) is 0 Å². The third kappa shape index (κ3) is 3.70. The molecule has 1 unspecified atom stereocenters. The zero-order chi connectivity index (χ0) is 15.5. The summed E-state index contributed by atoms with van der Waals surface area (Å²) < 4.78 is 1.07. The molecule has 0 aromatic heterocycles. The van der Waals surface area contributed by atoms with Crippen molar-refractivity contribution in [3.8, 4) is 0 Å². The normalized spacial score (nSPS) is 23.0. The van der Waals surface area contributed by atoms with Gasteiger partial charge in [-0.05, 0) is 36.6 Å². The molecule has 2 aliphatic rings. The van der Waals surface area contributed by atoms with Crippen LogP contribution in [0.1, 0.15) is 17.5 Å². The molecule has 1 aromatic carbocycles. The maximum absolute atomic E-state index is 12.6. The molecule has 1 aromatic rings. The standard InChI is InChI=1S/C17H24BrN3O/c1-13-10-15(18)3-2-14(13)11-17(22)21-7-4-16(12-21)20-8-5-19-6-9-20/h2-3,10,16,19H,4-9,11-12H2,1H3. The third-order valence-electron chi connectivity index (χ3n) is 4.83. The van der Waals surface area contributed by atoms with Crippen molar-refractivity contribution in [1.29, 1.82) is 0 Å². The van der Waals surface area contributed by atoms with Gasteiger partial charge < -0.3 is 10.2 Å². The number of carbonyl (C=O) groups is 1. The predicted molar refractivity (Wildman–Crippen MR) is 92.0 cm³/mol. The fraction of sp³-hybridized carbons (Fsp3) is 0.588. The Morgan fingerprint density at radius 2 is 2.09 bits per heavy atom. The van der Waals surface area contributed by atoms with Crippen molar-refractivity contribution in [3.05, 3.63) is 33.8 Å². The molecule has 1 N–H and O–H groups in total. The van der Waals surface area contributed by atoms with Gasteiger partial charge in [-0.1, -0.05) is 22.0 Å². The Labute approximate surface area is 141 Å². The van der Waals surface area contributed by atoms with E-state index in [9.17, 15) is 4.79 Å². The first-order valence-corrected chi connectivity index (χ1v) is 8.90. The highest BCUT2D eigenvalue weighted by atomic mass is 79.9. The summed E-state index contributed by atoms with van der Waals surface area (Å²) in [5.74, 6) is 0.267. The van der Waals surface area contributed by atoms with Gasteiger partial charge in [0.2, 0.25) is 5.91 Å². The molecule has 2 aliphatic heterocycles. The number of piperazine rings is 1. The van der Waals surface area contributed by atoms with Gasteiger partial charge in [0.05, 0.1) is 6.42 Å². The van der Waals surface area contributed by atoms with E-state index in [1.165, 1.54) is 5.56 Å². The van der Waals surface area contributed by atoms with Crippen molar-refractivity contribution in [3.63, 3.8) is 0 Å². The second kappa shape index (κ2) is 7.11. The topological polar surface area (TPSA) is 35.6 Å². The van der Waals surface area contributed by atoms with Crippen LogP contribution in [0.5, 0.6) is 0 Å². The molecule has 120 valence electrons. The molecule has 4 nitrogen and oxygen atoms in total. The quantitative estimate of drug-likeness (QED) is 0.886. The summed E-state index contributed by atoms with van der Waals surface area (Å²) in [5.41, 5.74) is 2.32. The number of hydrogen-bond donors (Lipinski definition) is 1. The first kappa shape index (κ1) is 16.0. The van der Waals surface area contributed by atoms with Gasteiger partial charge in [0.15, 0.2) is 0 Å². The zero-order valence-corrected chi connectivity index (χ0v) is 14.7. The summed E-state index contributed by atoms with van der Waals surface area (Å²) in [6.07, 6.45) is 1.64. The smallest absolute Gasteiger partial charge is 0.227 e. The number of aryl methyl sites for hydroxylation is 1. The van der Waals surface area contributed by atoms with E-state index in [1.807, 2.05) is 11.0 Å². The molecule has 22 heavy (non-hydrogen) atoms. The predicted octanol–water partition coefficient (Wildman–Crippen LogP) is 1.81. The average molecular weight is 366 g/mol. The highest BCUT2D eigenvalue weighted by molar-refractivity contribution is 9.10. The van der Waals surface area contributed by atoms with Crippen LogP contribution in [0.3, 0.4) is 0 Å². The Morgan fingerprint density at radius 3 is 2.82 bits per heavy atom. The summed E-state index contributed by atoms with van der Waals surface area (Å²) in [6.45, 7) is 8.24. The van der Waals surface area contributed by atoms with Crippen LogP contribution >= 0.6 is 15.9 Å². The van der Waals surface area contributed by atoms with Crippen molar-refractivity contribution >= 4 is 21.8 Å². The molecule has 2 saturated heterocycles. The molecule has 0 radical (unpaired) electrons. The minimum Gasteiger partial charge on any atom is -0.341 e. The van der Waals surface area contributed by atoms with Gasteiger partial charge in [-0.2, -0.15) is 0 Å². The second-order valence-electron chi connectivity index (χ2n) is 6.32. The molecule has 0 saturated carbocycles. The van der Waals surface area contributed by atoms with Crippen LogP contribution in [-0.2, 0) is 11.2 Å². The largest absolute Gasteiger partial charge is 0.341 e. The van der Waals surface area contributed by atoms with Gasteiger partial charge in [0, 0.05) is 49.8 Å². The van der Waals surface area contributed by atoms with E-state index in [0.717, 1.165) is 55.7 Å². The third-order valence-corrected chi connectivity index (χ3v) is 5.32. The van der Waals surface area contributed by atoms with Crippen LogP contribution in [0.2, 0.25) is 0 Å². The molecular formula is C17H24BrN3O. The Balaban J connectivity index is 1.57. The molecule has 2 heterocycles. The van der Waals surface area contributed by atoms with Gasteiger partial charge in [-0.25, -0.2) is 0 Å². The highest BCUT2D eigenvalue weighted by Crippen LogP contribution is 2.20. The number of carbonyl (C=O) groups excluding carboxylic acids is 1. The zero-order valence-electron chi connectivity index (χ0n) is 13.1. The SMILES string of the molecule is Cc1cc(Br)ccc1CC(=O)N1CCC(N2CCNCC2)C1. The van der Waals surface area contributed by atoms with Crippen LogP contribution in [-0.4, -0.2) is 61.0 Å². The monoisotopic (exact) mass is 365 g/mol. The van der Waals surface area contributed by atoms with Crippen LogP contribution in [0.15, 0.2) is 22.7 Å². The van der Waals surface area contributed by atoms with Crippen LogP contribution in [0, 0.1) is 6.92 Å². The van der Waals surface area contributed by atoms with Gasteiger partial charge in [0.1, 0.15) is 0 Å². The first-order valence-electron chi connectivity index (χ1n) is 8.11. The Hall–Kier alpha value is -0.910. The molecule has 2 fully saturated rings.